The molecule has 0 amide bonds. The molecule has 162 valence electrons. The minimum Gasteiger partial charge on any atom is -0.291 e. The average molecular weight is 437 g/mol. The highest BCUT2D eigenvalue weighted by Gasteiger charge is 2.21. The molecular formula is C32H24N2. The van der Waals surface area contributed by atoms with Crippen LogP contribution in [0.15, 0.2) is 103 Å². The molecule has 1 atom stereocenters. The third-order valence-electron chi connectivity index (χ3n) is 7.20. The van der Waals surface area contributed by atoms with Crippen molar-refractivity contribution < 1.29 is 0 Å². The molecule has 0 saturated carbocycles. The van der Waals surface area contributed by atoms with Crippen LogP contribution in [-0.4, -0.2) is 9.38 Å². The van der Waals surface area contributed by atoms with Gasteiger partial charge in [0.15, 0.2) is 0 Å². The molecule has 0 spiro atoms. The first-order valence-corrected chi connectivity index (χ1v) is 12.0. The fourth-order valence-electron chi connectivity index (χ4n) is 5.55. The summed E-state index contributed by atoms with van der Waals surface area (Å²) in [6, 6.07) is 34.8. The van der Waals surface area contributed by atoms with Crippen LogP contribution in [0.3, 0.4) is 0 Å². The second-order valence-electron chi connectivity index (χ2n) is 9.28. The third kappa shape index (κ3) is 2.78. The van der Waals surface area contributed by atoms with Gasteiger partial charge in [-0.2, -0.15) is 0 Å². The van der Waals surface area contributed by atoms with Crippen LogP contribution >= 0.6 is 0 Å². The molecule has 7 rings (SSSR count). The lowest BCUT2D eigenvalue weighted by atomic mass is 9.87. The molecule has 0 radical (unpaired) electrons. The minimum absolute atomic E-state index is 0.552. The van der Waals surface area contributed by atoms with E-state index >= 15 is 0 Å². The Kier molecular flexibility index (Phi) is 4.22. The summed E-state index contributed by atoms with van der Waals surface area (Å²) in [7, 11) is 0. The van der Waals surface area contributed by atoms with E-state index in [0.717, 1.165) is 34.6 Å². The van der Waals surface area contributed by atoms with Crippen molar-refractivity contribution in [3.63, 3.8) is 0 Å². The van der Waals surface area contributed by atoms with Gasteiger partial charge >= 0.3 is 0 Å². The van der Waals surface area contributed by atoms with Gasteiger partial charge in [0.2, 0.25) is 0 Å². The summed E-state index contributed by atoms with van der Waals surface area (Å²) in [5.74, 6) is 1.54. The van der Waals surface area contributed by atoms with Gasteiger partial charge in [0.25, 0.3) is 0 Å². The molecule has 1 unspecified atom stereocenters. The van der Waals surface area contributed by atoms with Crippen LogP contribution in [0.25, 0.3) is 55.9 Å². The highest BCUT2D eigenvalue weighted by Crippen LogP contribution is 2.40. The average Bonchev–Trinajstić information content (AvgIpc) is 3.31. The lowest BCUT2D eigenvalue weighted by Gasteiger charge is -2.18. The highest BCUT2D eigenvalue weighted by atomic mass is 15.0. The van der Waals surface area contributed by atoms with Crippen LogP contribution in [0.2, 0.25) is 0 Å². The van der Waals surface area contributed by atoms with E-state index in [1.54, 1.807) is 0 Å². The van der Waals surface area contributed by atoms with Crippen molar-refractivity contribution in [3.8, 4) is 22.6 Å². The monoisotopic (exact) mass is 436 g/mol. The summed E-state index contributed by atoms with van der Waals surface area (Å²) < 4.78 is 2.37. The number of imidazole rings is 1. The Morgan fingerprint density at radius 2 is 1.47 bits per heavy atom. The quantitative estimate of drug-likeness (QED) is 0.249. The second kappa shape index (κ2) is 7.43. The maximum absolute atomic E-state index is 5.34. The Hall–Kier alpha value is -4.17. The first kappa shape index (κ1) is 19.3. The van der Waals surface area contributed by atoms with Crippen molar-refractivity contribution in [3.05, 3.63) is 114 Å². The number of nitrogens with zero attached hydrogens (tertiary/aromatic N) is 2. The van der Waals surface area contributed by atoms with Gasteiger partial charge in [-0.15, -0.1) is 0 Å². The van der Waals surface area contributed by atoms with E-state index in [2.05, 4.69) is 121 Å². The third-order valence-corrected chi connectivity index (χ3v) is 7.20. The summed E-state index contributed by atoms with van der Waals surface area (Å²) >= 11 is 0. The zero-order valence-electron chi connectivity index (χ0n) is 19.1. The van der Waals surface area contributed by atoms with Crippen LogP contribution in [0.1, 0.15) is 30.4 Å². The molecule has 0 saturated heterocycles. The Morgan fingerprint density at radius 3 is 2.32 bits per heavy atom. The van der Waals surface area contributed by atoms with Gasteiger partial charge < -0.3 is 0 Å². The van der Waals surface area contributed by atoms with Gasteiger partial charge in [0, 0.05) is 21.9 Å². The molecule has 1 aliphatic carbocycles. The molecule has 1 aliphatic rings. The van der Waals surface area contributed by atoms with Crippen molar-refractivity contribution in [2.24, 2.45) is 0 Å². The summed E-state index contributed by atoms with van der Waals surface area (Å²) in [4.78, 5) is 5.34. The number of para-hydroxylation sites is 1. The Morgan fingerprint density at radius 1 is 0.735 bits per heavy atom. The van der Waals surface area contributed by atoms with Crippen molar-refractivity contribution >= 4 is 33.3 Å². The van der Waals surface area contributed by atoms with Gasteiger partial charge in [-0.3, -0.25) is 4.40 Å². The number of fused-ring (bicyclic) bond motifs is 7. The smallest absolute Gasteiger partial charge is 0.145 e. The zero-order chi connectivity index (χ0) is 22.6. The van der Waals surface area contributed by atoms with E-state index < -0.39 is 0 Å². The SMILES string of the molecule is CC1CC=Cc2cc(-c3nc(-c4ccccc4)c4c5ccccc5c5ccccc5n34)ccc21. The van der Waals surface area contributed by atoms with Gasteiger partial charge in [0.05, 0.1) is 16.7 Å². The number of rotatable bonds is 2. The molecule has 0 fully saturated rings. The molecule has 2 heteroatoms. The van der Waals surface area contributed by atoms with Crippen LogP contribution < -0.4 is 0 Å². The summed E-state index contributed by atoms with van der Waals surface area (Å²) in [5, 5.41) is 3.73. The Labute approximate surface area is 198 Å². The number of hydrogen-bond acceptors (Lipinski definition) is 1. The van der Waals surface area contributed by atoms with E-state index in [0.29, 0.717) is 5.92 Å². The predicted octanol–water partition coefficient (Wildman–Crippen LogP) is 8.50. The molecule has 4 aromatic carbocycles. The normalized spacial score (nSPS) is 15.3. The predicted molar refractivity (Wildman–Crippen MR) is 143 cm³/mol. The fourth-order valence-corrected chi connectivity index (χ4v) is 5.55. The highest BCUT2D eigenvalue weighted by molar-refractivity contribution is 6.16. The van der Waals surface area contributed by atoms with E-state index in [9.17, 15) is 0 Å². The number of allylic oxidation sites excluding steroid dienone is 1. The molecule has 34 heavy (non-hydrogen) atoms. The van der Waals surface area contributed by atoms with Crippen molar-refractivity contribution in [2.75, 3.05) is 0 Å². The molecule has 6 aromatic rings. The first-order valence-electron chi connectivity index (χ1n) is 12.0. The number of benzene rings is 4. The molecule has 2 nitrogen and oxygen atoms in total. The van der Waals surface area contributed by atoms with Crippen LogP contribution in [0.5, 0.6) is 0 Å². The minimum atomic E-state index is 0.552. The molecule has 0 aliphatic heterocycles. The van der Waals surface area contributed by atoms with Crippen molar-refractivity contribution in [1.29, 1.82) is 0 Å². The lowest BCUT2D eigenvalue weighted by Crippen LogP contribution is -2.01. The fraction of sp³-hybridized carbons (Fsp3) is 0.0938. The summed E-state index contributed by atoms with van der Waals surface area (Å²) in [6.07, 6.45) is 5.66. The molecule has 2 heterocycles. The standard InChI is InChI=1S/C32H24N2/c1-21-10-9-13-23-20-24(18-19-25(21)23)32-33-30(22-11-3-2-4-12-22)31-28-16-6-5-14-26(28)27-15-7-8-17-29(27)34(31)32/h2-9,11-21H,10H2,1H3. The van der Waals surface area contributed by atoms with E-state index in [1.807, 2.05) is 0 Å². The van der Waals surface area contributed by atoms with Crippen molar-refractivity contribution in [1.82, 2.24) is 9.38 Å². The van der Waals surface area contributed by atoms with Crippen LogP contribution in [0, 0.1) is 0 Å². The number of hydrogen-bond donors (Lipinski definition) is 0. The van der Waals surface area contributed by atoms with Crippen molar-refractivity contribution in [2.45, 2.75) is 19.3 Å². The topological polar surface area (TPSA) is 17.3 Å². The number of aromatic nitrogens is 2. The Bertz CT molecular complexity index is 1740. The molecule has 2 aromatic heterocycles. The van der Waals surface area contributed by atoms with E-state index in [-0.39, 0.29) is 0 Å². The number of pyridine rings is 1. The largest absolute Gasteiger partial charge is 0.291 e. The van der Waals surface area contributed by atoms with E-state index in [1.165, 1.54) is 32.8 Å². The summed E-state index contributed by atoms with van der Waals surface area (Å²) in [5.41, 5.74) is 8.39. The first-order chi connectivity index (χ1) is 16.8. The van der Waals surface area contributed by atoms with Crippen LogP contribution in [0.4, 0.5) is 0 Å². The van der Waals surface area contributed by atoms with Gasteiger partial charge in [-0.25, -0.2) is 4.98 Å². The van der Waals surface area contributed by atoms with Gasteiger partial charge in [0.1, 0.15) is 5.82 Å². The maximum Gasteiger partial charge on any atom is 0.145 e. The zero-order valence-corrected chi connectivity index (χ0v) is 19.1. The molecule has 0 bridgehead atoms. The lowest BCUT2D eigenvalue weighted by molar-refractivity contribution is 0.772. The maximum atomic E-state index is 5.34. The van der Waals surface area contributed by atoms with Crippen LogP contribution in [-0.2, 0) is 0 Å². The van der Waals surface area contributed by atoms with E-state index in [4.69, 9.17) is 4.98 Å². The summed E-state index contributed by atoms with van der Waals surface area (Å²) in [6.45, 7) is 2.31. The molecular weight excluding hydrogens is 412 g/mol. The Balaban J connectivity index is 1.65. The van der Waals surface area contributed by atoms with Gasteiger partial charge in [-0.1, -0.05) is 104 Å². The molecule has 0 N–H and O–H groups in total. The second-order valence-corrected chi connectivity index (χ2v) is 9.28. The van der Waals surface area contributed by atoms with Gasteiger partial charge in [-0.05, 0) is 41.0 Å².